The zero-order valence-corrected chi connectivity index (χ0v) is 9.89. The molecule has 0 unspecified atom stereocenters. The van der Waals surface area contributed by atoms with Gasteiger partial charge in [-0.15, -0.1) is 0 Å². The Hall–Kier alpha value is -1.58. The molecule has 0 aliphatic carbocycles. The fourth-order valence-electron chi connectivity index (χ4n) is 1.56. The van der Waals surface area contributed by atoms with Gasteiger partial charge in [-0.05, 0) is 11.1 Å². The lowest BCUT2D eigenvalue weighted by Crippen LogP contribution is -2.07. The second kappa shape index (κ2) is 5.17. The van der Waals surface area contributed by atoms with Gasteiger partial charge in [0.05, 0.1) is 6.61 Å². The molecule has 1 aromatic carbocycles. The highest BCUT2D eigenvalue weighted by Crippen LogP contribution is 2.10. The number of hydrogen-bond donors (Lipinski definition) is 1. The molecular formula is C13H12ClNO2. The quantitative estimate of drug-likeness (QED) is 0.846. The van der Waals surface area contributed by atoms with Crippen LogP contribution in [0.1, 0.15) is 11.1 Å². The van der Waals surface area contributed by atoms with Gasteiger partial charge in [-0.1, -0.05) is 35.9 Å². The molecule has 0 fully saturated rings. The molecule has 0 bridgehead atoms. The molecule has 0 saturated heterocycles. The number of nitrogens with zero attached hydrogens (tertiary/aromatic N) is 1. The van der Waals surface area contributed by atoms with Crippen LogP contribution in [0.2, 0.25) is 5.15 Å². The van der Waals surface area contributed by atoms with Crippen LogP contribution in [0.25, 0.3) is 0 Å². The third-order valence-electron chi connectivity index (χ3n) is 2.51. The molecule has 0 radical (unpaired) electrons. The number of pyridine rings is 1. The lowest BCUT2D eigenvalue weighted by molar-refractivity contribution is 0.282. The van der Waals surface area contributed by atoms with Crippen molar-refractivity contribution in [1.29, 1.82) is 0 Å². The molecule has 0 amide bonds. The minimum atomic E-state index is -0.0955. The zero-order valence-electron chi connectivity index (χ0n) is 9.14. The summed E-state index contributed by atoms with van der Waals surface area (Å²) < 4.78 is 1.79. The zero-order chi connectivity index (χ0) is 12.3. The first-order chi connectivity index (χ1) is 8.19. The Balaban J connectivity index is 2.22. The van der Waals surface area contributed by atoms with Crippen LogP contribution in [0.15, 0.2) is 47.4 Å². The summed E-state index contributed by atoms with van der Waals surface area (Å²) in [5.41, 5.74) is 1.84. The maximum Gasteiger partial charge on any atom is 0.183 e. The molecule has 1 N–H and O–H groups in total. The monoisotopic (exact) mass is 249 g/mol. The van der Waals surface area contributed by atoms with E-state index >= 15 is 0 Å². The van der Waals surface area contributed by atoms with Crippen molar-refractivity contribution in [3.63, 3.8) is 0 Å². The van der Waals surface area contributed by atoms with Gasteiger partial charge in [0.1, 0.15) is 5.15 Å². The minimum Gasteiger partial charge on any atom is -0.392 e. The lowest BCUT2D eigenvalue weighted by Gasteiger charge is -2.08. The molecule has 3 nitrogen and oxygen atoms in total. The maximum absolute atomic E-state index is 11.1. The van der Waals surface area contributed by atoms with E-state index in [0.717, 1.165) is 11.1 Å². The summed E-state index contributed by atoms with van der Waals surface area (Å²) in [5, 5.41) is 9.35. The number of benzene rings is 1. The standard InChI is InChI=1S/C13H12ClNO2/c14-13-7-12(17)5-6-15(13)8-10-1-3-11(9-16)4-2-10/h1-7,16H,8-9H2. The topological polar surface area (TPSA) is 42.2 Å². The highest BCUT2D eigenvalue weighted by molar-refractivity contribution is 6.29. The molecule has 17 heavy (non-hydrogen) atoms. The SMILES string of the molecule is O=c1ccn(Cc2ccc(CO)cc2)c(Cl)c1. The normalized spacial score (nSPS) is 10.5. The predicted molar refractivity (Wildman–Crippen MR) is 67.2 cm³/mol. The van der Waals surface area contributed by atoms with Gasteiger partial charge in [-0.25, -0.2) is 0 Å². The van der Waals surface area contributed by atoms with E-state index in [4.69, 9.17) is 16.7 Å². The van der Waals surface area contributed by atoms with Crippen molar-refractivity contribution in [2.75, 3.05) is 0 Å². The molecule has 0 atom stereocenters. The van der Waals surface area contributed by atoms with Crippen LogP contribution in [-0.4, -0.2) is 9.67 Å². The van der Waals surface area contributed by atoms with Crippen LogP contribution in [0.3, 0.4) is 0 Å². The number of halogens is 1. The summed E-state index contributed by atoms with van der Waals surface area (Å²) in [6.45, 7) is 0.643. The molecule has 1 heterocycles. The summed E-state index contributed by atoms with van der Waals surface area (Å²) in [7, 11) is 0. The van der Waals surface area contributed by atoms with Crippen LogP contribution in [0.5, 0.6) is 0 Å². The number of aliphatic hydroxyl groups excluding tert-OH is 1. The predicted octanol–water partition coefficient (Wildman–Crippen LogP) is 2.04. The highest BCUT2D eigenvalue weighted by Gasteiger charge is 1.99. The second-order valence-electron chi connectivity index (χ2n) is 3.79. The lowest BCUT2D eigenvalue weighted by atomic mass is 10.1. The maximum atomic E-state index is 11.1. The number of aromatic nitrogens is 1. The average Bonchev–Trinajstić information content (AvgIpc) is 2.34. The molecule has 2 rings (SSSR count). The van der Waals surface area contributed by atoms with E-state index in [-0.39, 0.29) is 12.0 Å². The van der Waals surface area contributed by atoms with E-state index < -0.39 is 0 Å². The van der Waals surface area contributed by atoms with E-state index in [9.17, 15) is 4.79 Å². The second-order valence-corrected chi connectivity index (χ2v) is 4.17. The third kappa shape index (κ3) is 2.96. The summed E-state index contributed by atoms with van der Waals surface area (Å²) in [5.74, 6) is 0. The van der Waals surface area contributed by atoms with Crippen LogP contribution in [0, 0.1) is 0 Å². The summed E-state index contributed by atoms with van der Waals surface area (Å²) >= 11 is 5.96. The Kier molecular flexibility index (Phi) is 3.61. The van der Waals surface area contributed by atoms with Crippen molar-refractivity contribution in [2.45, 2.75) is 13.2 Å². The van der Waals surface area contributed by atoms with Crippen molar-refractivity contribution in [3.8, 4) is 0 Å². The summed E-state index contributed by atoms with van der Waals surface area (Å²) in [6, 6.07) is 10.5. The molecule has 0 aliphatic rings. The molecule has 0 aliphatic heterocycles. The summed E-state index contributed by atoms with van der Waals surface area (Å²) in [6.07, 6.45) is 1.67. The fourth-order valence-corrected chi connectivity index (χ4v) is 1.78. The van der Waals surface area contributed by atoms with Gasteiger partial charge in [-0.2, -0.15) is 0 Å². The van der Waals surface area contributed by atoms with Crippen LogP contribution in [0.4, 0.5) is 0 Å². The van der Waals surface area contributed by atoms with E-state index in [1.807, 2.05) is 24.3 Å². The van der Waals surface area contributed by atoms with Crippen LogP contribution >= 0.6 is 11.6 Å². The Morgan fingerprint density at radius 2 is 1.76 bits per heavy atom. The van der Waals surface area contributed by atoms with E-state index in [0.29, 0.717) is 11.7 Å². The number of rotatable bonds is 3. The fraction of sp³-hybridized carbons (Fsp3) is 0.154. The van der Waals surface area contributed by atoms with Crippen molar-refractivity contribution in [1.82, 2.24) is 4.57 Å². The van der Waals surface area contributed by atoms with Gasteiger partial charge in [0.25, 0.3) is 0 Å². The van der Waals surface area contributed by atoms with Gasteiger partial charge < -0.3 is 9.67 Å². The van der Waals surface area contributed by atoms with E-state index in [2.05, 4.69) is 0 Å². The minimum absolute atomic E-state index is 0.0407. The summed E-state index contributed by atoms with van der Waals surface area (Å²) in [4.78, 5) is 11.1. The first-order valence-electron chi connectivity index (χ1n) is 5.24. The van der Waals surface area contributed by atoms with Crippen molar-refractivity contribution in [2.24, 2.45) is 0 Å². The Morgan fingerprint density at radius 1 is 1.12 bits per heavy atom. The first kappa shape index (κ1) is 11.9. The van der Waals surface area contributed by atoms with Crippen molar-refractivity contribution in [3.05, 3.63) is 69.1 Å². The molecule has 0 spiro atoms. The van der Waals surface area contributed by atoms with Gasteiger partial charge >= 0.3 is 0 Å². The number of hydrogen-bond acceptors (Lipinski definition) is 2. The van der Waals surface area contributed by atoms with Crippen LogP contribution < -0.4 is 5.43 Å². The van der Waals surface area contributed by atoms with Gasteiger partial charge in [0.15, 0.2) is 5.43 Å². The Labute approximate surface area is 104 Å². The van der Waals surface area contributed by atoms with Gasteiger partial charge in [-0.3, -0.25) is 4.79 Å². The van der Waals surface area contributed by atoms with Gasteiger partial charge in [0.2, 0.25) is 0 Å². The molecule has 88 valence electrons. The number of aliphatic hydroxyl groups is 1. The highest BCUT2D eigenvalue weighted by atomic mass is 35.5. The van der Waals surface area contributed by atoms with Crippen molar-refractivity contribution >= 4 is 11.6 Å². The Morgan fingerprint density at radius 3 is 2.35 bits per heavy atom. The molecule has 2 aromatic rings. The van der Waals surface area contributed by atoms with Gasteiger partial charge in [0, 0.05) is 24.9 Å². The Bertz CT molecular complexity index is 560. The molecular weight excluding hydrogens is 238 g/mol. The molecule has 0 saturated carbocycles. The average molecular weight is 250 g/mol. The smallest absolute Gasteiger partial charge is 0.183 e. The first-order valence-corrected chi connectivity index (χ1v) is 5.61. The van der Waals surface area contributed by atoms with Crippen molar-refractivity contribution < 1.29 is 5.11 Å². The molecule has 4 heteroatoms. The van der Waals surface area contributed by atoms with E-state index in [1.54, 1.807) is 10.8 Å². The van der Waals surface area contributed by atoms with E-state index in [1.165, 1.54) is 12.1 Å². The molecule has 1 aromatic heterocycles. The third-order valence-corrected chi connectivity index (χ3v) is 2.84. The largest absolute Gasteiger partial charge is 0.392 e. The van der Waals surface area contributed by atoms with Crippen LogP contribution in [-0.2, 0) is 13.2 Å².